The van der Waals surface area contributed by atoms with Crippen molar-refractivity contribution >= 4 is 11.3 Å². The van der Waals surface area contributed by atoms with Gasteiger partial charge in [-0.15, -0.1) is 11.3 Å². The average molecular weight is 372 g/mol. The van der Waals surface area contributed by atoms with Crippen LogP contribution in [0.4, 0.5) is 0 Å². The maximum atomic E-state index is 5.97. The monoisotopic (exact) mass is 371 g/mol. The van der Waals surface area contributed by atoms with Crippen molar-refractivity contribution in [3.8, 4) is 0 Å². The summed E-state index contributed by atoms with van der Waals surface area (Å²) in [5.74, 6) is 1.46. The lowest BCUT2D eigenvalue weighted by Gasteiger charge is -2.39. The van der Waals surface area contributed by atoms with E-state index in [1.54, 1.807) is 0 Å². The summed E-state index contributed by atoms with van der Waals surface area (Å²) in [7, 11) is 0. The highest BCUT2D eigenvalue weighted by molar-refractivity contribution is 7.10. The number of benzene rings is 1. The molecule has 1 N–H and O–H groups in total. The molecule has 142 valence electrons. The summed E-state index contributed by atoms with van der Waals surface area (Å²) >= 11 is 1.84. The molecule has 0 unspecified atom stereocenters. The van der Waals surface area contributed by atoms with Crippen LogP contribution in [0.25, 0.3) is 0 Å². The normalized spacial score (nSPS) is 22.0. The van der Waals surface area contributed by atoms with Gasteiger partial charge >= 0.3 is 0 Å². The number of rotatable bonds is 8. The first-order valence-electron chi connectivity index (χ1n) is 9.98. The van der Waals surface area contributed by atoms with Gasteiger partial charge < -0.3 is 10.1 Å². The highest BCUT2D eigenvalue weighted by Crippen LogP contribution is 2.36. The van der Waals surface area contributed by atoms with E-state index in [-0.39, 0.29) is 5.60 Å². The molecule has 0 amide bonds. The summed E-state index contributed by atoms with van der Waals surface area (Å²) in [5, 5.41) is 5.90. The number of hydrogen-bond acceptors (Lipinski definition) is 3. The van der Waals surface area contributed by atoms with Crippen molar-refractivity contribution < 1.29 is 4.74 Å². The number of nitrogens with one attached hydrogen (secondary N) is 1. The average Bonchev–Trinajstić information content (AvgIpc) is 3.15. The van der Waals surface area contributed by atoms with E-state index in [1.807, 2.05) is 11.3 Å². The molecule has 1 aromatic heterocycles. The Morgan fingerprint density at radius 1 is 1.19 bits per heavy atom. The summed E-state index contributed by atoms with van der Waals surface area (Å²) in [6.07, 6.45) is 4.77. The number of ether oxygens (including phenoxy) is 1. The van der Waals surface area contributed by atoms with Crippen molar-refractivity contribution in [1.29, 1.82) is 0 Å². The Morgan fingerprint density at radius 2 is 2.00 bits per heavy atom. The summed E-state index contributed by atoms with van der Waals surface area (Å²) in [6, 6.07) is 15.8. The molecule has 1 aromatic carbocycles. The molecule has 3 atom stereocenters. The van der Waals surface area contributed by atoms with Crippen LogP contribution in [0.2, 0.25) is 0 Å². The predicted molar refractivity (Wildman–Crippen MR) is 112 cm³/mol. The molecule has 2 nitrogen and oxygen atoms in total. The van der Waals surface area contributed by atoms with Crippen molar-refractivity contribution in [2.45, 2.75) is 58.1 Å². The SMILES string of the molecule is C[C@H](NCC[C@H](Cc1ccccc1)[C@H]1CCOC(C)(C)C1)c1cccs1. The van der Waals surface area contributed by atoms with Crippen LogP contribution in [0.5, 0.6) is 0 Å². The fourth-order valence-corrected chi connectivity index (χ4v) is 4.98. The van der Waals surface area contributed by atoms with Gasteiger partial charge in [0.2, 0.25) is 0 Å². The Bertz CT molecular complexity index is 637. The standard InChI is InChI=1S/C23H33NOS/c1-18(22-10-7-15-26-22)24-13-11-20(16-19-8-5-4-6-9-19)21-12-14-25-23(2,3)17-21/h4-10,15,18,20-21,24H,11-14,16-17H2,1-3H3/t18-,20+,21-/m0/s1. The third-order valence-corrected chi connectivity index (χ3v) is 6.73. The van der Waals surface area contributed by atoms with Gasteiger partial charge in [-0.2, -0.15) is 0 Å². The van der Waals surface area contributed by atoms with Crippen LogP contribution >= 0.6 is 11.3 Å². The van der Waals surface area contributed by atoms with Gasteiger partial charge in [0.05, 0.1) is 5.60 Å². The zero-order chi connectivity index (χ0) is 18.4. The van der Waals surface area contributed by atoms with Crippen molar-refractivity contribution in [3.05, 3.63) is 58.3 Å². The van der Waals surface area contributed by atoms with Gasteiger partial charge in [0, 0.05) is 17.5 Å². The van der Waals surface area contributed by atoms with Crippen LogP contribution in [0.1, 0.15) is 56.5 Å². The van der Waals surface area contributed by atoms with Gasteiger partial charge in [0.25, 0.3) is 0 Å². The fourth-order valence-electron chi connectivity index (χ4n) is 4.23. The Labute approximate surface area is 163 Å². The van der Waals surface area contributed by atoms with E-state index < -0.39 is 0 Å². The van der Waals surface area contributed by atoms with E-state index >= 15 is 0 Å². The molecule has 2 aromatic rings. The molecular weight excluding hydrogens is 338 g/mol. The van der Waals surface area contributed by atoms with Gasteiger partial charge in [-0.05, 0) is 81.8 Å². The first-order chi connectivity index (χ1) is 12.5. The third kappa shape index (κ3) is 5.67. The van der Waals surface area contributed by atoms with Crippen LogP contribution in [-0.2, 0) is 11.2 Å². The van der Waals surface area contributed by atoms with Gasteiger partial charge in [-0.3, -0.25) is 0 Å². The van der Waals surface area contributed by atoms with Crippen LogP contribution < -0.4 is 5.32 Å². The molecule has 0 spiro atoms. The van der Waals surface area contributed by atoms with Crippen molar-refractivity contribution in [2.75, 3.05) is 13.2 Å². The summed E-state index contributed by atoms with van der Waals surface area (Å²) in [6.45, 7) is 8.75. The number of hydrogen-bond donors (Lipinski definition) is 1. The molecule has 3 heteroatoms. The lowest BCUT2D eigenvalue weighted by molar-refractivity contribution is -0.0830. The van der Waals surface area contributed by atoms with Gasteiger partial charge in [-0.25, -0.2) is 0 Å². The smallest absolute Gasteiger partial charge is 0.0629 e. The molecular formula is C23H33NOS. The molecule has 1 aliphatic heterocycles. The Balaban J connectivity index is 1.60. The fraction of sp³-hybridized carbons (Fsp3) is 0.565. The van der Waals surface area contributed by atoms with Crippen molar-refractivity contribution in [2.24, 2.45) is 11.8 Å². The van der Waals surface area contributed by atoms with E-state index in [9.17, 15) is 0 Å². The third-order valence-electron chi connectivity index (χ3n) is 5.68. The van der Waals surface area contributed by atoms with Crippen LogP contribution in [-0.4, -0.2) is 18.8 Å². The van der Waals surface area contributed by atoms with E-state index in [2.05, 4.69) is 73.9 Å². The zero-order valence-corrected chi connectivity index (χ0v) is 17.2. The largest absolute Gasteiger partial charge is 0.376 e. The van der Waals surface area contributed by atoms with Gasteiger partial charge in [0.15, 0.2) is 0 Å². The second-order valence-electron chi connectivity index (χ2n) is 8.29. The highest BCUT2D eigenvalue weighted by Gasteiger charge is 2.33. The second kappa shape index (κ2) is 9.16. The lowest BCUT2D eigenvalue weighted by Crippen LogP contribution is -2.38. The molecule has 0 bridgehead atoms. The Kier molecular flexibility index (Phi) is 6.91. The van der Waals surface area contributed by atoms with Gasteiger partial charge in [0.1, 0.15) is 0 Å². The molecule has 0 aliphatic carbocycles. The summed E-state index contributed by atoms with van der Waals surface area (Å²) in [5.41, 5.74) is 1.49. The molecule has 0 radical (unpaired) electrons. The topological polar surface area (TPSA) is 21.3 Å². The minimum atomic E-state index is 0.0234. The van der Waals surface area contributed by atoms with E-state index in [0.717, 1.165) is 19.1 Å². The Hall–Kier alpha value is -1.16. The van der Waals surface area contributed by atoms with Gasteiger partial charge in [-0.1, -0.05) is 36.4 Å². The first kappa shape index (κ1) is 19.6. The van der Waals surface area contributed by atoms with Crippen molar-refractivity contribution in [3.63, 3.8) is 0 Å². The Morgan fingerprint density at radius 3 is 2.69 bits per heavy atom. The highest BCUT2D eigenvalue weighted by atomic mass is 32.1. The number of thiophene rings is 1. The van der Waals surface area contributed by atoms with Crippen LogP contribution in [0, 0.1) is 11.8 Å². The zero-order valence-electron chi connectivity index (χ0n) is 16.4. The molecule has 1 aliphatic rings. The van der Waals surface area contributed by atoms with E-state index in [0.29, 0.717) is 12.0 Å². The molecule has 1 fully saturated rings. The summed E-state index contributed by atoms with van der Waals surface area (Å²) in [4.78, 5) is 1.43. The quantitative estimate of drug-likeness (QED) is 0.628. The minimum Gasteiger partial charge on any atom is -0.376 e. The van der Waals surface area contributed by atoms with E-state index in [4.69, 9.17) is 4.74 Å². The van der Waals surface area contributed by atoms with Crippen molar-refractivity contribution in [1.82, 2.24) is 5.32 Å². The summed E-state index contributed by atoms with van der Waals surface area (Å²) < 4.78 is 5.97. The molecule has 0 saturated carbocycles. The molecule has 1 saturated heterocycles. The maximum absolute atomic E-state index is 5.97. The molecule has 3 rings (SSSR count). The first-order valence-corrected chi connectivity index (χ1v) is 10.9. The minimum absolute atomic E-state index is 0.0234. The predicted octanol–water partition coefficient (Wildman–Crippen LogP) is 5.85. The lowest BCUT2D eigenvalue weighted by atomic mass is 9.75. The van der Waals surface area contributed by atoms with Crippen LogP contribution in [0.15, 0.2) is 47.8 Å². The molecule has 26 heavy (non-hydrogen) atoms. The second-order valence-corrected chi connectivity index (χ2v) is 9.27. The van der Waals surface area contributed by atoms with E-state index in [1.165, 1.54) is 36.1 Å². The molecule has 2 heterocycles. The maximum Gasteiger partial charge on any atom is 0.0629 e. The van der Waals surface area contributed by atoms with Crippen LogP contribution in [0.3, 0.4) is 0 Å².